The minimum absolute atomic E-state index is 0.970. The Hall–Kier alpha value is -3.40. The fourth-order valence-electron chi connectivity index (χ4n) is 3.79. The van der Waals surface area contributed by atoms with Crippen molar-refractivity contribution in [3.05, 3.63) is 70.3 Å². The summed E-state index contributed by atoms with van der Waals surface area (Å²) in [6.07, 6.45) is 1.34. The highest BCUT2D eigenvalue weighted by molar-refractivity contribution is 5.73. The van der Waals surface area contributed by atoms with Crippen LogP contribution < -0.4 is 0 Å². The molecule has 0 unspecified atom stereocenters. The normalized spacial score (nSPS) is 14.0. The molecule has 0 saturated carbocycles. The van der Waals surface area contributed by atoms with E-state index < -0.39 is 12.1 Å². The number of aliphatic carboxylic acids is 1. The lowest BCUT2D eigenvalue weighted by Gasteiger charge is -2.26. The first-order valence-corrected chi connectivity index (χ1v) is 11.0. The van der Waals surface area contributed by atoms with Gasteiger partial charge in [-0.05, 0) is 38.0 Å². The molecular weight excluding hydrogens is 447 g/mol. The predicted octanol–water partition coefficient (Wildman–Crippen LogP) is 4.48. The molecular formula is C24H28F3N5O2. The van der Waals surface area contributed by atoms with E-state index >= 15 is 0 Å². The zero-order valence-corrected chi connectivity index (χ0v) is 19.1. The van der Waals surface area contributed by atoms with Gasteiger partial charge in [-0.15, -0.1) is 0 Å². The predicted molar refractivity (Wildman–Crippen MR) is 123 cm³/mol. The minimum Gasteiger partial charge on any atom is -0.475 e. The number of benzene rings is 1. The third-order valence-corrected chi connectivity index (χ3v) is 5.47. The number of carboxylic acid groups (broad SMARTS) is 1. The lowest BCUT2D eigenvalue weighted by atomic mass is 10.0. The van der Waals surface area contributed by atoms with Crippen LogP contribution in [0.2, 0.25) is 0 Å². The summed E-state index contributed by atoms with van der Waals surface area (Å²) in [6.45, 7) is 8.31. The Morgan fingerprint density at radius 2 is 1.88 bits per heavy atom. The molecule has 2 N–H and O–H groups in total. The van der Waals surface area contributed by atoms with E-state index in [2.05, 4.69) is 81.2 Å². The molecule has 3 aromatic rings. The summed E-state index contributed by atoms with van der Waals surface area (Å²) in [7, 11) is 0. The van der Waals surface area contributed by atoms with Crippen molar-refractivity contribution < 1.29 is 23.1 Å². The van der Waals surface area contributed by atoms with Gasteiger partial charge in [0, 0.05) is 49.6 Å². The zero-order valence-electron chi connectivity index (χ0n) is 19.1. The van der Waals surface area contributed by atoms with Crippen LogP contribution in [-0.4, -0.2) is 55.2 Å². The Labute approximate surface area is 195 Å². The van der Waals surface area contributed by atoms with Crippen LogP contribution in [0, 0.1) is 13.8 Å². The molecule has 0 aliphatic carbocycles. The van der Waals surface area contributed by atoms with Gasteiger partial charge in [-0.2, -0.15) is 23.4 Å². The highest BCUT2D eigenvalue weighted by atomic mass is 19.4. The number of aromatic amines is 1. The van der Waals surface area contributed by atoms with Crippen molar-refractivity contribution in [1.82, 2.24) is 24.9 Å². The number of aromatic nitrogens is 4. The number of alkyl halides is 3. The minimum atomic E-state index is -5.08. The molecule has 3 heterocycles. The molecule has 0 fully saturated rings. The number of H-pyrrole nitrogens is 1. The van der Waals surface area contributed by atoms with E-state index in [4.69, 9.17) is 9.90 Å². The molecule has 0 amide bonds. The highest BCUT2D eigenvalue weighted by Gasteiger charge is 2.38. The first kappa shape index (κ1) is 25.2. The second-order valence-corrected chi connectivity index (χ2v) is 8.14. The van der Waals surface area contributed by atoms with Crippen molar-refractivity contribution in [2.45, 2.75) is 46.0 Å². The monoisotopic (exact) mass is 475 g/mol. The van der Waals surface area contributed by atoms with Crippen molar-refractivity contribution in [2.75, 3.05) is 13.1 Å². The number of fused-ring (bicyclic) bond motifs is 1. The van der Waals surface area contributed by atoms with Crippen molar-refractivity contribution in [2.24, 2.45) is 0 Å². The molecule has 2 aromatic heterocycles. The Balaban J connectivity index is 0.000000406. The Morgan fingerprint density at radius 1 is 1.18 bits per heavy atom. The van der Waals surface area contributed by atoms with Gasteiger partial charge in [0.25, 0.3) is 0 Å². The number of hydrogen-bond acceptors (Lipinski definition) is 4. The fourth-order valence-corrected chi connectivity index (χ4v) is 3.79. The summed E-state index contributed by atoms with van der Waals surface area (Å²) in [5.74, 6) is -2.76. The average molecular weight is 476 g/mol. The molecule has 1 aliphatic rings. The van der Waals surface area contributed by atoms with Gasteiger partial charge in [0.2, 0.25) is 0 Å². The van der Waals surface area contributed by atoms with E-state index in [0.29, 0.717) is 0 Å². The summed E-state index contributed by atoms with van der Waals surface area (Å²) in [6, 6.07) is 12.5. The lowest BCUT2D eigenvalue weighted by Crippen LogP contribution is -2.32. The van der Waals surface area contributed by atoms with Crippen LogP contribution in [0.1, 0.15) is 40.3 Å². The molecule has 0 spiro atoms. The molecule has 10 heteroatoms. The average Bonchev–Trinajstić information content (AvgIpc) is 3.34. The van der Waals surface area contributed by atoms with Crippen molar-refractivity contribution in [1.29, 1.82) is 0 Å². The first-order valence-electron chi connectivity index (χ1n) is 11.0. The molecule has 1 aliphatic heterocycles. The van der Waals surface area contributed by atoms with Gasteiger partial charge in [0.05, 0.1) is 11.4 Å². The molecule has 1 aromatic carbocycles. The first-order chi connectivity index (χ1) is 16.1. The van der Waals surface area contributed by atoms with Gasteiger partial charge in [-0.25, -0.2) is 4.79 Å². The zero-order chi connectivity index (χ0) is 24.7. The van der Waals surface area contributed by atoms with Crippen molar-refractivity contribution >= 4 is 18.1 Å². The molecule has 0 atom stereocenters. The van der Waals surface area contributed by atoms with Crippen LogP contribution in [0.3, 0.4) is 0 Å². The quantitative estimate of drug-likeness (QED) is 0.549. The summed E-state index contributed by atoms with van der Waals surface area (Å²) >= 11 is 0. The maximum absolute atomic E-state index is 10.6. The number of rotatable bonds is 6. The van der Waals surface area contributed by atoms with Crippen LogP contribution in [0.25, 0.3) is 12.2 Å². The number of hydrogen-bond donors (Lipinski definition) is 2. The van der Waals surface area contributed by atoms with E-state index in [-0.39, 0.29) is 0 Å². The molecule has 182 valence electrons. The summed E-state index contributed by atoms with van der Waals surface area (Å²) < 4.78 is 33.9. The van der Waals surface area contributed by atoms with Crippen LogP contribution in [-0.2, 0) is 24.3 Å². The number of nitrogens with one attached hydrogen (secondary N) is 1. The summed E-state index contributed by atoms with van der Waals surface area (Å²) in [5, 5.41) is 19.5. The van der Waals surface area contributed by atoms with Gasteiger partial charge in [-0.1, -0.05) is 36.4 Å². The van der Waals surface area contributed by atoms with Crippen LogP contribution in [0.4, 0.5) is 13.2 Å². The number of aryl methyl sites for hydroxylation is 3. The smallest absolute Gasteiger partial charge is 0.475 e. The lowest BCUT2D eigenvalue weighted by molar-refractivity contribution is -0.192. The van der Waals surface area contributed by atoms with E-state index in [1.807, 2.05) is 6.07 Å². The number of nitrogens with zero attached hydrogens (tertiary/aromatic N) is 4. The second-order valence-electron chi connectivity index (χ2n) is 8.14. The van der Waals surface area contributed by atoms with Gasteiger partial charge in [0.15, 0.2) is 0 Å². The third kappa shape index (κ3) is 7.05. The summed E-state index contributed by atoms with van der Waals surface area (Å²) in [4.78, 5) is 11.4. The SMILES string of the molecule is Cc1cc(C)n(CCCN2CCc3[nH]nc(C=Cc4ccccc4)c3C2)n1.O=C(O)C(F)(F)F. The van der Waals surface area contributed by atoms with Crippen LogP contribution in [0.5, 0.6) is 0 Å². The maximum Gasteiger partial charge on any atom is 0.490 e. The molecule has 0 bridgehead atoms. The van der Waals surface area contributed by atoms with Crippen molar-refractivity contribution in [3.63, 3.8) is 0 Å². The van der Waals surface area contributed by atoms with Gasteiger partial charge in [-0.3, -0.25) is 14.7 Å². The number of halogens is 3. The topological polar surface area (TPSA) is 87.0 Å². The van der Waals surface area contributed by atoms with Gasteiger partial charge >= 0.3 is 12.1 Å². The van der Waals surface area contributed by atoms with E-state index in [9.17, 15) is 13.2 Å². The molecule has 34 heavy (non-hydrogen) atoms. The molecule has 0 radical (unpaired) electrons. The fraction of sp³-hybridized carbons (Fsp3) is 0.375. The molecule has 4 rings (SSSR count). The number of carboxylic acids is 1. The van der Waals surface area contributed by atoms with Gasteiger partial charge < -0.3 is 5.11 Å². The van der Waals surface area contributed by atoms with Crippen LogP contribution >= 0.6 is 0 Å². The Morgan fingerprint density at radius 3 is 2.50 bits per heavy atom. The second kappa shape index (κ2) is 11.1. The Bertz CT molecular complexity index is 1120. The van der Waals surface area contributed by atoms with E-state index in [0.717, 1.165) is 50.4 Å². The van der Waals surface area contributed by atoms with E-state index in [1.165, 1.54) is 22.5 Å². The Kier molecular flexibility index (Phi) is 8.27. The molecule has 0 saturated heterocycles. The van der Waals surface area contributed by atoms with Crippen molar-refractivity contribution in [3.8, 4) is 0 Å². The third-order valence-electron chi connectivity index (χ3n) is 5.47. The number of carbonyl (C=O) groups is 1. The highest BCUT2D eigenvalue weighted by Crippen LogP contribution is 2.22. The largest absolute Gasteiger partial charge is 0.490 e. The maximum atomic E-state index is 10.6. The summed E-state index contributed by atoms with van der Waals surface area (Å²) in [5.41, 5.74) is 7.25. The molecule has 7 nitrogen and oxygen atoms in total. The standard InChI is InChI=1S/C22H27N5.C2HF3O2/c1-17-15-18(2)27(25-17)13-6-12-26-14-11-22-20(16-26)21(23-24-22)10-9-19-7-4-3-5-8-19;3-2(4,5)1(6)7/h3-5,7-10,15H,6,11-14,16H2,1-2H3,(H,23,24);(H,6,7). The van der Waals surface area contributed by atoms with Crippen LogP contribution in [0.15, 0.2) is 36.4 Å². The van der Waals surface area contributed by atoms with Gasteiger partial charge in [0.1, 0.15) is 0 Å². The van der Waals surface area contributed by atoms with E-state index in [1.54, 1.807) is 0 Å².